The van der Waals surface area contributed by atoms with Crippen LogP contribution in [-0.2, 0) is 0 Å². The highest BCUT2D eigenvalue weighted by Crippen LogP contribution is 2.16. The average molecular weight is 290 g/mol. The maximum atomic E-state index is 10.3. The number of hydrogen-bond donors (Lipinski definition) is 1. The molecule has 0 saturated carbocycles. The molecule has 0 aromatic carbocycles. The van der Waals surface area contributed by atoms with Gasteiger partial charge in [0.15, 0.2) is 0 Å². The number of allylic oxidation sites excluding steroid dienone is 7. The molecule has 0 aromatic rings. The van der Waals surface area contributed by atoms with Gasteiger partial charge in [-0.1, -0.05) is 47.1 Å². The lowest BCUT2D eigenvalue weighted by molar-refractivity contribution is 0.103. The zero-order valence-corrected chi connectivity index (χ0v) is 14.9. The van der Waals surface area contributed by atoms with Crippen LogP contribution < -0.4 is 0 Å². The zero-order valence-electron chi connectivity index (χ0n) is 14.9. The van der Waals surface area contributed by atoms with Crippen molar-refractivity contribution in [2.75, 3.05) is 0 Å². The van der Waals surface area contributed by atoms with Crippen LogP contribution in [0.4, 0.5) is 0 Å². The highest BCUT2D eigenvalue weighted by Gasteiger charge is 2.14. The van der Waals surface area contributed by atoms with Gasteiger partial charge in [-0.15, -0.1) is 0 Å². The third-order valence-electron chi connectivity index (χ3n) is 3.37. The van der Waals surface area contributed by atoms with Gasteiger partial charge in [-0.05, 0) is 73.6 Å². The second kappa shape index (κ2) is 10.6. The Labute approximate surface area is 132 Å². The predicted octanol–water partition coefficient (Wildman–Crippen LogP) is 6.12. The second-order valence-electron chi connectivity index (χ2n) is 6.69. The SMILES string of the molecule is CC(C)=CCC/C(C)=C\C/C=C/C(C)(O)CCC=C(C)C. The van der Waals surface area contributed by atoms with Gasteiger partial charge in [-0.3, -0.25) is 0 Å². The molecular formula is C20H34O. The highest BCUT2D eigenvalue weighted by atomic mass is 16.3. The van der Waals surface area contributed by atoms with Crippen LogP contribution in [-0.4, -0.2) is 10.7 Å². The van der Waals surface area contributed by atoms with Crippen molar-refractivity contribution in [2.45, 2.75) is 79.2 Å². The molecule has 0 fully saturated rings. The number of aliphatic hydroxyl groups is 1. The molecule has 0 heterocycles. The molecule has 1 N–H and O–H groups in total. The molecule has 0 amide bonds. The summed E-state index contributed by atoms with van der Waals surface area (Å²) in [5.74, 6) is 0. The van der Waals surface area contributed by atoms with E-state index in [1.165, 1.54) is 16.7 Å². The Balaban J connectivity index is 4.12. The van der Waals surface area contributed by atoms with Gasteiger partial charge in [0, 0.05) is 0 Å². The third-order valence-corrected chi connectivity index (χ3v) is 3.37. The first-order valence-corrected chi connectivity index (χ1v) is 8.05. The lowest BCUT2D eigenvalue weighted by Gasteiger charge is -2.17. The molecule has 0 aliphatic rings. The molecule has 0 radical (unpaired) electrons. The number of rotatable bonds is 9. The van der Waals surface area contributed by atoms with Crippen LogP contribution >= 0.6 is 0 Å². The Morgan fingerprint density at radius 1 is 0.905 bits per heavy atom. The second-order valence-corrected chi connectivity index (χ2v) is 6.69. The van der Waals surface area contributed by atoms with Gasteiger partial charge in [-0.25, -0.2) is 0 Å². The molecule has 1 heteroatoms. The molecule has 0 saturated heterocycles. The maximum Gasteiger partial charge on any atom is 0.0802 e. The predicted molar refractivity (Wildman–Crippen MR) is 95.5 cm³/mol. The molecule has 120 valence electrons. The first-order chi connectivity index (χ1) is 9.73. The van der Waals surface area contributed by atoms with E-state index in [2.05, 4.69) is 58.9 Å². The van der Waals surface area contributed by atoms with Crippen molar-refractivity contribution in [3.8, 4) is 0 Å². The molecule has 0 aliphatic carbocycles. The Bertz CT molecular complexity index is 398. The maximum absolute atomic E-state index is 10.3. The summed E-state index contributed by atoms with van der Waals surface area (Å²) in [6, 6.07) is 0. The van der Waals surface area contributed by atoms with Crippen molar-refractivity contribution in [2.24, 2.45) is 0 Å². The van der Waals surface area contributed by atoms with E-state index in [-0.39, 0.29) is 0 Å². The van der Waals surface area contributed by atoms with Crippen molar-refractivity contribution >= 4 is 0 Å². The molecule has 21 heavy (non-hydrogen) atoms. The molecule has 1 unspecified atom stereocenters. The van der Waals surface area contributed by atoms with Crippen molar-refractivity contribution in [1.82, 2.24) is 0 Å². The van der Waals surface area contributed by atoms with E-state index in [0.717, 1.165) is 32.1 Å². The van der Waals surface area contributed by atoms with Crippen LogP contribution in [0.5, 0.6) is 0 Å². The van der Waals surface area contributed by atoms with E-state index in [0.29, 0.717) is 0 Å². The Morgan fingerprint density at radius 2 is 1.48 bits per heavy atom. The monoisotopic (exact) mass is 290 g/mol. The summed E-state index contributed by atoms with van der Waals surface area (Å²) in [6.45, 7) is 12.5. The van der Waals surface area contributed by atoms with E-state index in [4.69, 9.17) is 0 Å². The lowest BCUT2D eigenvalue weighted by atomic mass is 9.98. The van der Waals surface area contributed by atoms with E-state index in [1.54, 1.807) is 0 Å². The molecule has 1 atom stereocenters. The topological polar surface area (TPSA) is 20.2 Å². The quantitative estimate of drug-likeness (QED) is 0.507. The van der Waals surface area contributed by atoms with E-state index >= 15 is 0 Å². The van der Waals surface area contributed by atoms with Crippen LogP contribution in [0.3, 0.4) is 0 Å². The minimum atomic E-state index is -0.699. The van der Waals surface area contributed by atoms with Crippen LogP contribution in [0.25, 0.3) is 0 Å². The van der Waals surface area contributed by atoms with Crippen molar-refractivity contribution in [3.05, 3.63) is 47.1 Å². The molecule has 0 aromatic heterocycles. The fourth-order valence-electron chi connectivity index (χ4n) is 2.02. The molecule has 0 bridgehead atoms. The van der Waals surface area contributed by atoms with Gasteiger partial charge >= 0.3 is 0 Å². The summed E-state index contributed by atoms with van der Waals surface area (Å²) in [5.41, 5.74) is 3.41. The van der Waals surface area contributed by atoms with Crippen molar-refractivity contribution in [1.29, 1.82) is 0 Å². The van der Waals surface area contributed by atoms with Gasteiger partial charge in [-0.2, -0.15) is 0 Å². The molecule has 0 aliphatic heterocycles. The van der Waals surface area contributed by atoms with Crippen LogP contribution in [0.2, 0.25) is 0 Å². The molecular weight excluding hydrogens is 256 g/mol. The van der Waals surface area contributed by atoms with Crippen molar-refractivity contribution in [3.63, 3.8) is 0 Å². The largest absolute Gasteiger partial charge is 0.386 e. The smallest absolute Gasteiger partial charge is 0.0802 e. The van der Waals surface area contributed by atoms with Gasteiger partial charge in [0.25, 0.3) is 0 Å². The molecule has 1 nitrogen and oxygen atoms in total. The fourth-order valence-corrected chi connectivity index (χ4v) is 2.02. The van der Waals surface area contributed by atoms with Gasteiger partial charge in [0.1, 0.15) is 0 Å². The summed E-state index contributed by atoms with van der Waals surface area (Å²) in [5, 5.41) is 10.3. The minimum Gasteiger partial charge on any atom is -0.386 e. The first-order valence-electron chi connectivity index (χ1n) is 8.05. The Hall–Kier alpha value is -1.08. The average Bonchev–Trinajstić information content (AvgIpc) is 2.33. The van der Waals surface area contributed by atoms with Gasteiger partial charge in [0.05, 0.1) is 5.60 Å². The van der Waals surface area contributed by atoms with E-state index in [1.807, 2.05) is 13.0 Å². The fraction of sp³-hybridized carbons (Fsp3) is 0.600. The standard InChI is InChI=1S/C20H34O/c1-17(2)11-9-14-19(5)13-7-8-15-20(6,21)16-10-12-18(3)4/h8,11-13,15,21H,7,9-10,14,16H2,1-6H3/b15-8+,19-13-. The number of hydrogen-bond acceptors (Lipinski definition) is 1. The first kappa shape index (κ1) is 19.9. The van der Waals surface area contributed by atoms with E-state index in [9.17, 15) is 5.11 Å². The normalized spacial score (nSPS) is 14.9. The molecule has 0 spiro atoms. The zero-order chi connectivity index (χ0) is 16.3. The van der Waals surface area contributed by atoms with Crippen LogP contribution in [0, 0.1) is 0 Å². The van der Waals surface area contributed by atoms with Gasteiger partial charge < -0.3 is 5.11 Å². The van der Waals surface area contributed by atoms with E-state index < -0.39 is 5.60 Å². The van der Waals surface area contributed by atoms with Gasteiger partial charge in [0.2, 0.25) is 0 Å². The van der Waals surface area contributed by atoms with Crippen LogP contribution in [0.15, 0.2) is 47.1 Å². The Kier molecular flexibility index (Phi) is 10.1. The third kappa shape index (κ3) is 13.7. The van der Waals surface area contributed by atoms with Crippen LogP contribution in [0.1, 0.15) is 73.6 Å². The highest BCUT2D eigenvalue weighted by molar-refractivity contribution is 5.07. The van der Waals surface area contributed by atoms with Crippen molar-refractivity contribution < 1.29 is 5.11 Å². The summed E-state index contributed by atoms with van der Waals surface area (Å²) in [4.78, 5) is 0. The lowest BCUT2D eigenvalue weighted by Crippen LogP contribution is -2.19. The summed E-state index contributed by atoms with van der Waals surface area (Å²) in [6.07, 6.45) is 15.6. The molecule has 0 rings (SSSR count). The Morgan fingerprint density at radius 3 is 2.05 bits per heavy atom. The summed E-state index contributed by atoms with van der Waals surface area (Å²) < 4.78 is 0. The minimum absolute atomic E-state index is 0.699. The summed E-state index contributed by atoms with van der Waals surface area (Å²) in [7, 11) is 0. The summed E-state index contributed by atoms with van der Waals surface area (Å²) >= 11 is 0.